The molecule has 3 atom stereocenters. The van der Waals surface area contributed by atoms with Gasteiger partial charge in [-0.25, -0.2) is 39.5 Å². The Labute approximate surface area is 720 Å². The molecule has 0 spiro atoms. The summed E-state index contributed by atoms with van der Waals surface area (Å²) >= 11 is 4.33. The van der Waals surface area contributed by atoms with Gasteiger partial charge in [0.15, 0.2) is 51.2 Å². The minimum atomic E-state index is -1.19. The number of rotatable bonds is 32. The molecule has 3 aliphatic carbocycles. The molecule has 0 radical (unpaired) electrons. The number of carbonyl (C=O) groups is 8. The van der Waals surface area contributed by atoms with Crippen molar-refractivity contribution < 1.29 is 52.6 Å². The molecule has 34 nitrogen and oxygen atoms in total. The third kappa shape index (κ3) is 25.7. The van der Waals surface area contributed by atoms with E-state index in [1.165, 1.54) is 63.2 Å². The van der Waals surface area contributed by atoms with Crippen LogP contribution in [0.4, 0.5) is 63.7 Å². The van der Waals surface area contributed by atoms with E-state index in [1.54, 1.807) is 4.90 Å². The fourth-order valence-corrected chi connectivity index (χ4v) is 15.6. The quantitative estimate of drug-likeness (QED) is 0.0143. The molecule has 8 N–H and O–H groups in total. The van der Waals surface area contributed by atoms with Crippen LogP contribution in [-0.2, 0) is 59.0 Å². The Morgan fingerprint density at radius 2 is 0.754 bits per heavy atom. The van der Waals surface area contributed by atoms with E-state index in [4.69, 9.17) is 44.1 Å². The van der Waals surface area contributed by atoms with Gasteiger partial charge in [0.2, 0.25) is 23.6 Å². The first-order valence-electron chi connectivity index (χ1n) is 41.5. The smallest absolute Gasteiger partial charge is 0.347 e. The summed E-state index contributed by atoms with van der Waals surface area (Å²) in [4.78, 5) is 142. The minimum absolute atomic E-state index is 0.0947. The van der Waals surface area contributed by atoms with E-state index in [0.29, 0.717) is 160 Å². The summed E-state index contributed by atoms with van der Waals surface area (Å²) in [7, 11) is 1.36. The van der Waals surface area contributed by atoms with Gasteiger partial charge in [-0.1, -0.05) is 26.0 Å². The molecule has 644 valence electrons. The van der Waals surface area contributed by atoms with Gasteiger partial charge in [-0.05, 0) is 194 Å². The number of Topliss-reactive ketones (excluding diaryl/α,β-unsaturated/α-hetero) is 1. The van der Waals surface area contributed by atoms with Crippen molar-refractivity contribution in [2.24, 2.45) is 17.8 Å². The van der Waals surface area contributed by atoms with Crippen molar-refractivity contribution >= 4 is 146 Å². The van der Waals surface area contributed by atoms with Gasteiger partial charge in [0.25, 0.3) is 5.91 Å². The number of nitrogens with one attached hydrogen (secondary N) is 8. The number of piperazine rings is 3. The summed E-state index contributed by atoms with van der Waals surface area (Å²) in [5, 5.41) is 39.1. The number of benzene rings is 3. The number of esters is 2. The molecule has 9 aromatic rings. The van der Waals surface area contributed by atoms with Crippen molar-refractivity contribution in [2.75, 3.05) is 127 Å². The number of H-pyrrole nitrogens is 3. The second-order valence-electron chi connectivity index (χ2n) is 30.9. The first-order chi connectivity index (χ1) is 58.9. The van der Waals surface area contributed by atoms with E-state index in [-0.39, 0.29) is 47.3 Å². The van der Waals surface area contributed by atoms with E-state index < -0.39 is 30.3 Å². The number of amides is 5. The number of ketones is 1. The normalized spacial score (nSPS) is 15.9. The molecule has 3 unspecified atom stereocenters. The van der Waals surface area contributed by atoms with Gasteiger partial charge in [-0.15, -0.1) is 0 Å². The lowest BCUT2D eigenvalue weighted by Gasteiger charge is -2.36. The second-order valence-corrected chi connectivity index (χ2v) is 34.0. The maximum Gasteiger partial charge on any atom is 0.347 e. The predicted molar refractivity (Wildman–Crippen MR) is 466 cm³/mol. The maximum atomic E-state index is 13.1. The van der Waals surface area contributed by atoms with Crippen LogP contribution in [0.5, 0.6) is 0 Å². The maximum absolute atomic E-state index is 13.1. The highest BCUT2D eigenvalue weighted by molar-refractivity contribution is 7.99. The van der Waals surface area contributed by atoms with Crippen molar-refractivity contribution in [1.82, 2.24) is 75.2 Å². The van der Waals surface area contributed by atoms with Crippen molar-refractivity contribution in [3.05, 3.63) is 132 Å². The molecule has 9 heterocycles. The number of nitrogens with zero attached hydrogens (tertiary/aromatic N) is 15. The SMILES string of the molecule is CCCC(=O)N1CCN(c2cc(Nc3cc(C)[nH]n3)nc(Sc3ccc(NC(=O)C4CC4)cc3)n2)CC1.CCCC(=O)N1CCN(c2cc(Nc3cc(C)[nH]n3)nc(Sc3ccc(NC(=O)C4CC4)cc3)n2)CC1.COC(C)C(=O)OC(C)C(=O)OC(C)C(=O)N1CCN(c2cc(Nc3cc(C)[nH]n3)nc(Sc3ccc(CC(=O)C4CC4)cc3)n2)CC1. The molecule has 3 aliphatic heterocycles. The highest BCUT2D eigenvalue weighted by atomic mass is 32.2. The molecule has 37 heteroatoms. The van der Waals surface area contributed by atoms with Crippen LogP contribution in [0.15, 0.2) is 139 Å². The van der Waals surface area contributed by atoms with E-state index in [1.807, 2.05) is 154 Å². The Hall–Kier alpha value is -11.7. The summed E-state index contributed by atoms with van der Waals surface area (Å²) in [6.45, 7) is 21.6. The standard InChI is InChI=1S/C33H41N7O7S.2C26H32N8O2S/c1-19-16-28(38-37-19)34-27-18-29(36-33(35-27)48-25-10-6-23(7-11-25)17-26(41)24-8-9-24)39-12-14-40(15-13-39)30(42)20(2)46-32(44)22(4)47-31(43)21(3)45-5;2*1-3-4-24(35)34-13-11-33(12-14-34)23-16-21(28-22-15-17(2)31-32-22)29-26(30-23)37-20-9-7-19(8-10-20)27-25(36)18-5-6-18/h6-7,10-11,16,18,20-22,24H,8-9,12-15,17H2,1-5H3,(H2,34,35,36,37,38);2*7-10,15-16,18H,3-6,11-14H2,1-2H3,(H,27,36)(H2,28,29,30,31,32). The zero-order valence-electron chi connectivity index (χ0n) is 70.0. The van der Waals surface area contributed by atoms with Crippen molar-refractivity contribution in [3.63, 3.8) is 0 Å². The summed E-state index contributed by atoms with van der Waals surface area (Å²) in [6, 6.07) is 34.8. The Morgan fingerprint density at radius 3 is 1.08 bits per heavy atom. The van der Waals surface area contributed by atoms with Gasteiger partial charge in [0.05, 0.1) is 0 Å². The number of aryl methyl sites for hydroxylation is 3. The second kappa shape index (κ2) is 41.7. The zero-order chi connectivity index (χ0) is 85.9. The van der Waals surface area contributed by atoms with Crippen molar-refractivity contribution in [1.29, 1.82) is 0 Å². The summed E-state index contributed by atoms with van der Waals surface area (Å²) in [5.74, 6) is 5.79. The molecule has 3 saturated heterocycles. The summed E-state index contributed by atoms with van der Waals surface area (Å²) in [6.07, 6.45) is 6.21. The van der Waals surface area contributed by atoms with Gasteiger partial charge >= 0.3 is 11.9 Å². The molecule has 6 aromatic heterocycles. The minimum Gasteiger partial charge on any atom is -0.450 e. The molecule has 122 heavy (non-hydrogen) atoms. The predicted octanol–water partition coefficient (Wildman–Crippen LogP) is 11.9. The number of methoxy groups -OCH3 is 1. The lowest BCUT2D eigenvalue weighted by Crippen LogP contribution is -2.52. The van der Waals surface area contributed by atoms with Crippen molar-refractivity contribution in [3.8, 4) is 0 Å². The van der Waals surface area contributed by atoms with E-state index in [2.05, 4.69) is 71.9 Å². The van der Waals surface area contributed by atoms with Crippen LogP contribution in [0, 0.1) is 38.5 Å². The topological polar surface area (TPSA) is 407 Å². The Morgan fingerprint density at radius 1 is 0.418 bits per heavy atom. The van der Waals surface area contributed by atoms with Crippen LogP contribution in [0.3, 0.4) is 0 Å². The van der Waals surface area contributed by atoms with Gasteiger partial charge in [-0.2, -0.15) is 15.3 Å². The number of hydrogen-bond acceptors (Lipinski definition) is 29. The van der Waals surface area contributed by atoms with Crippen LogP contribution in [0.2, 0.25) is 0 Å². The van der Waals surface area contributed by atoms with Crippen molar-refractivity contribution in [2.45, 2.75) is 174 Å². The first kappa shape index (κ1) is 88.1. The lowest BCUT2D eigenvalue weighted by molar-refractivity contribution is -0.177. The van der Waals surface area contributed by atoms with Gasteiger partial charge in [-0.3, -0.25) is 44.1 Å². The van der Waals surface area contributed by atoms with Gasteiger partial charge < -0.3 is 70.2 Å². The molecule has 3 saturated carbocycles. The highest BCUT2D eigenvalue weighted by Crippen LogP contribution is 2.37. The van der Waals surface area contributed by atoms with Crippen LogP contribution in [0.1, 0.15) is 121 Å². The zero-order valence-corrected chi connectivity index (χ0v) is 72.5. The van der Waals surface area contributed by atoms with Crippen LogP contribution in [0.25, 0.3) is 0 Å². The molecular formula is C85H105N23O11S3. The molecule has 6 aliphatic rings. The number of carbonyl (C=O) groups excluding carboxylic acids is 8. The molecular weight excluding hydrogens is 1620 g/mol. The Bertz CT molecular complexity index is 4920. The van der Waals surface area contributed by atoms with E-state index in [0.717, 1.165) is 112 Å². The Kier molecular flexibility index (Phi) is 30.1. The third-order valence-electron chi connectivity index (χ3n) is 20.8. The van der Waals surface area contributed by atoms with Crippen LogP contribution < -0.4 is 41.3 Å². The van der Waals surface area contributed by atoms with Crippen LogP contribution in [-0.4, -0.2) is 226 Å². The van der Waals surface area contributed by atoms with E-state index in [9.17, 15) is 38.4 Å². The fraction of sp³-hybridized carbons (Fsp3) is 0.447. The third-order valence-corrected chi connectivity index (χ3v) is 23.4. The Balaban J connectivity index is 0.000000160. The number of anilines is 11. The number of ether oxygens (including phenoxy) is 3. The molecule has 5 amide bonds. The molecule has 6 fully saturated rings. The largest absolute Gasteiger partial charge is 0.450 e. The average molecular weight is 1720 g/mol. The number of aromatic nitrogens is 12. The summed E-state index contributed by atoms with van der Waals surface area (Å²) in [5.41, 5.74) is 5.39. The average Bonchev–Trinajstić information content (AvgIpc) is 1.10. The van der Waals surface area contributed by atoms with Crippen LogP contribution >= 0.6 is 35.3 Å². The monoisotopic (exact) mass is 1720 g/mol. The number of hydrogen-bond donors (Lipinski definition) is 8. The number of aromatic amines is 3. The van der Waals surface area contributed by atoms with E-state index >= 15 is 0 Å². The van der Waals surface area contributed by atoms with Gasteiger partial charge in [0, 0.05) is 202 Å². The lowest BCUT2D eigenvalue weighted by atomic mass is 10.1. The van der Waals surface area contributed by atoms with Gasteiger partial charge in [0.1, 0.15) is 40.7 Å². The molecule has 0 bridgehead atoms. The summed E-state index contributed by atoms with van der Waals surface area (Å²) < 4.78 is 15.3. The molecule has 3 aromatic carbocycles. The first-order valence-corrected chi connectivity index (χ1v) is 43.9. The molecule has 15 rings (SSSR count). The highest BCUT2D eigenvalue weighted by Gasteiger charge is 2.35. The fourth-order valence-electron chi connectivity index (χ4n) is 13.3.